The van der Waals surface area contributed by atoms with Crippen LogP contribution in [-0.2, 0) is 13.1 Å². The summed E-state index contributed by atoms with van der Waals surface area (Å²) in [5.41, 5.74) is 0.992. The first-order valence-electron chi connectivity index (χ1n) is 6.58. The molecule has 0 aliphatic heterocycles. The van der Waals surface area contributed by atoms with Gasteiger partial charge in [-0.15, -0.1) is 22.7 Å². The van der Waals surface area contributed by atoms with E-state index in [9.17, 15) is 0 Å². The van der Waals surface area contributed by atoms with Gasteiger partial charge in [0.25, 0.3) is 0 Å². The average molecular weight is 304 g/mol. The maximum atomic E-state index is 5.56. The lowest BCUT2D eigenvalue weighted by Gasteiger charge is -2.17. The predicted octanol–water partition coefficient (Wildman–Crippen LogP) is 4.49. The maximum Gasteiger partial charge on any atom is 0.236 e. The smallest absolute Gasteiger partial charge is 0.236 e. The highest BCUT2D eigenvalue weighted by atomic mass is 32.1. The van der Waals surface area contributed by atoms with E-state index < -0.39 is 0 Å². The van der Waals surface area contributed by atoms with Gasteiger partial charge in [0, 0.05) is 18.0 Å². The molecule has 3 nitrogen and oxygen atoms in total. The number of oxazole rings is 1. The van der Waals surface area contributed by atoms with Gasteiger partial charge in [0.1, 0.15) is 6.26 Å². The predicted molar refractivity (Wildman–Crippen MR) is 83.9 cm³/mol. The first-order valence-corrected chi connectivity index (χ1v) is 8.34. The lowest BCUT2D eigenvalue weighted by atomic mass is 10.3. The second-order valence-corrected chi connectivity index (χ2v) is 6.48. The van der Waals surface area contributed by atoms with E-state index >= 15 is 0 Å². The van der Waals surface area contributed by atoms with Crippen LogP contribution in [0.25, 0.3) is 10.8 Å². The largest absolute Gasteiger partial charge is 0.444 e. The zero-order valence-corrected chi connectivity index (χ0v) is 12.9. The third kappa shape index (κ3) is 3.17. The number of hydrogen-bond donors (Lipinski definition) is 0. The Morgan fingerprint density at radius 2 is 2.00 bits per heavy atom. The van der Waals surface area contributed by atoms with E-state index in [-0.39, 0.29) is 0 Å². The molecule has 0 fully saturated rings. The molecular weight excluding hydrogens is 288 g/mol. The molecule has 0 saturated carbocycles. The summed E-state index contributed by atoms with van der Waals surface area (Å²) in [5.74, 6) is 0.724. The van der Waals surface area contributed by atoms with Crippen molar-refractivity contribution in [2.24, 2.45) is 0 Å². The molecule has 0 atom stereocenters. The highest BCUT2D eigenvalue weighted by Crippen LogP contribution is 2.24. The second kappa shape index (κ2) is 6.35. The van der Waals surface area contributed by atoms with Gasteiger partial charge in [-0.3, -0.25) is 4.90 Å². The maximum absolute atomic E-state index is 5.56. The number of hydrogen-bond acceptors (Lipinski definition) is 5. The van der Waals surface area contributed by atoms with Gasteiger partial charge in [0.15, 0.2) is 0 Å². The minimum Gasteiger partial charge on any atom is -0.444 e. The van der Waals surface area contributed by atoms with Crippen molar-refractivity contribution in [1.29, 1.82) is 0 Å². The molecule has 0 aromatic carbocycles. The molecule has 0 amide bonds. The summed E-state index contributed by atoms with van der Waals surface area (Å²) < 4.78 is 5.56. The lowest BCUT2D eigenvalue weighted by molar-refractivity contribution is 0.270. The van der Waals surface area contributed by atoms with Gasteiger partial charge in [-0.2, -0.15) is 0 Å². The van der Waals surface area contributed by atoms with Crippen molar-refractivity contribution in [3.05, 3.63) is 51.9 Å². The van der Waals surface area contributed by atoms with E-state index in [0.717, 1.165) is 36.1 Å². The minimum atomic E-state index is 0.724. The van der Waals surface area contributed by atoms with Crippen molar-refractivity contribution < 1.29 is 4.42 Å². The Labute approximate surface area is 126 Å². The summed E-state index contributed by atoms with van der Waals surface area (Å²) in [4.78, 5) is 9.40. The molecule has 20 heavy (non-hydrogen) atoms. The van der Waals surface area contributed by atoms with Crippen LogP contribution in [0, 0.1) is 0 Å². The average Bonchev–Trinajstić information content (AvgIpc) is 3.20. The zero-order chi connectivity index (χ0) is 13.8. The van der Waals surface area contributed by atoms with Gasteiger partial charge in [-0.05, 0) is 29.4 Å². The number of thiophene rings is 2. The number of aromatic nitrogens is 1. The van der Waals surface area contributed by atoms with E-state index in [1.807, 2.05) is 17.5 Å². The molecule has 0 spiro atoms. The van der Waals surface area contributed by atoms with Crippen molar-refractivity contribution in [3.8, 4) is 10.8 Å². The van der Waals surface area contributed by atoms with Gasteiger partial charge in [0.05, 0.1) is 10.6 Å². The van der Waals surface area contributed by atoms with Crippen LogP contribution in [0.5, 0.6) is 0 Å². The molecule has 3 aromatic heterocycles. The first-order chi connectivity index (χ1) is 9.85. The van der Waals surface area contributed by atoms with Crippen LogP contribution in [0.3, 0.4) is 0 Å². The van der Waals surface area contributed by atoms with E-state index in [1.54, 1.807) is 28.9 Å². The Morgan fingerprint density at radius 1 is 1.15 bits per heavy atom. The second-order valence-electron chi connectivity index (χ2n) is 4.50. The fourth-order valence-electron chi connectivity index (χ4n) is 2.02. The van der Waals surface area contributed by atoms with Crippen LogP contribution in [0.1, 0.15) is 17.5 Å². The zero-order valence-electron chi connectivity index (χ0n) is 11.3. The lowest BCUT2D eigenvalue weighted by Crippen LogP contribution is -2.21. The Hall–Kier alpha value is -1.43. The molecular formula is C15H16N2OS2. The molecule has 0 saturated heterocycles. The SMILES string of the molecule is CCN(Cc1coc(-c2cccs2)n1)Cc1cccs1. The quantitative estimate of drug-likeness (QED) is 0.672. The van der Waals surface area contributed by atoms with Crippen LogP contribution in [0.2, 0.25) is 0 Å². The van der Waals surface area contributed by atoms with E-state index in [0.29, 0.717) is 0 Å². The molecule has 0 aliphatic carbocycles. The molecule has 0 radical (unpaired) electrons. The van der Waals surface area contributed by atoms with Crippen LogP contribution in [0.4, 0.5) is 0 Å². The standard InChI is InChI=1S/C15H16N2OS2/c1-2-17(10-13-5-3-7-19-13)9-12-11-18-15(16-12)14-6-4-8-20-14/h3-8,11H,2,9-10H2,1H3. The molecule has 3 heterocycles. The van der Waals surface area contributed by atoms with Crippen LogP contribution in [-0.4, -0.2) is 16.4 Å². The molecule has 0 bridgehead atoms. The highest BCUT2D eigenvalue weighted by molar-refractivity contribution is 7.13. The molecule has 5 heteroatoms. The molecule has 3 aromatic rings. The molecule has 0 aliphatic rings. The number of nitrogens with zero attached hydrogens (tertiary/aromatic N) is 2. The third-order valence-corrected chi connectivity index (χ3v) is 4.80. The Kier molecular flexibility index (Phi) is 4.30. The van der Waals surface area contributed by atoms with E-state index in [2.05, 4.69) is 34.3 Å². The van der Waals surface area contributed by atoms with Gasteiger partial charge >= 0.3 is 0 Å². The van der Waals surface area contributed by atoms with Crippen molar-refractivity contribution in [2.45, 2.75) is 20.0 Å². The van der Waals surface area contributed by atoms with Crippen molar-refractivity contribution in [3.63, 3.8) is 0 Å². The van der Waals surface area contributed by atoms with Crippen LogP contribution < -0.4 is 0 Å². The summed E-state index contributed by atoms with van der Waals surface area (Å²) in [5, 5.41) is 4.16. The van der Waals surface area contributed by atoms with Gasteiger partial charge in [-0.25, -0.2) is 4.98 Å². The van der Waals surface area contributed by atoms with Crippen LogP contribution in [0.15, 0.2) is 45.7 Å². The fourth-order valence-corrected chi connectivity index (χ4v) is 3.43. The van der Waals surface area contributed by atoms with E-state index in [4.69, 9.17) is 4.42 Å². The third-order valence-electron chi connectivity index (χ3n) is 3.08. The highest BCUT2D eigenvalue weighted by Gasteiger charge is 2.11. The summed E-state index contributed by atoms with van der Waals surface area (Å²) in [7, 11) is 0. The summed E-state index contributed by atoms with van der Waals surface area (Å²) in [6.07, 6.45) is 1.77. The Morgan fingerprint density at radius 3 is 2.70 bits per heavy atom. The number of rotatable bonds is 6. The molecule has 3 rings (SSSR count). The Bertz CT molecular complexity index is 629. The summed E-state index contributed by atoms with van der Waals surface area (Å²) >= 11 is 3.45. The van der Waals surface area contributed by atoms with E-state index in [1.165, 1.54) is 4.88 Å². The van der Waals surface area contributed by atoms with Crippen LogP contribution >= 0.6 is 22.7 Å². The minimum absolute atomic E-state index is 0.724. The topological polar surface area (TPSA) is 29.3 Å². The van der Waals surface area contributed by atoms with Crippen molar-refractivity contribution in [1.82, 2.24) is 9.88 Å². The van der Waals surface area contributed by atoms with Gasteiger partial charge in [-0.1, -0.05) is 19.1 Å². The first kappa shape index (κ1) is 13.5. The molecule has 104 valence electrons. The molecule has 0 unspecified atom stereocenters. The summed E-state index contributed by atoms with van der Waals surface area (Å²) in [6, 6.07) is 8.31. The van der Waals surface area contributed by atoms with Gasteiger partial charge in [0.2, 0.25) is 5.89 Å². The normalized spacial score (nSPS) is 11.3. The monoisotopic (exact) mass is 304 g/mol. The summed E-state index contributed by atoms with van der Waals surface area (Å²) in [6.45, 7) is 4.96. The fraction of sp³-hybridized carbons (Fsp3) is 0.267. The van der Waals surface area contributed by atoms with Crippen molar-refractivity contribution >= 4 is 22.7 Å². The van der Waals surface area contributed by atoms with Crippen molar-refractivity contribution in [2.75, 3.05) is 6.54 Å². The molecule has 0 N–H and O–H groups in total. The van der Waals surface area contributed by atoms with Gasteiger partial charge < -0.3 is 4.42 Å². The Balaban J connectivity index is 1.67.